The number of hydrogen-bond acceptors (Lipinski definition) is 9. The average molecular weight is 556 g/mol. The third-order valence-electron chi connectivity index (χ3n) is 6.53. The highest BCUT2D eigenvalue weighted by molar-refractivity contribution is 6.00. The summed E-state index contributed by atoms with van der Waals surface area (Å²) in [5.74, 6) is 0.128. The number of aromatic nitrogens is 4. The van der Waals surface area contributed by atoms with Crippen molar-refractivity contribution < 1.29 is 24.2 Å². The highest BCUT2D eigenvalue weighted by Crippen LogP contribution is 2.26. The quantitative estimate of drug-likeness (QED) is 0.356. The molecule has 216 valence electrons. The van der Waals surface area contributed by atoms with Crippen LogP contribution < -0.4 is 21.1 Å². The Labute approximate surface area is 232 Å². The Morgan fingerprint density at radius 3 is 2.70 bits per heavy atom. The molecule has 2 amide bonds. The average Bonchev–Trinajstić information content (AvgIpc) is 3.50. The van der Waals surface area contributed by atoms with E-state index >= 15 is 0 Å². The second kappa shape index (κ2) is 11.6. The van der Waals surface area contributed by atoms with Crippen LogP contribution in [0.4, 0.5) is 22.1 Å². The summed E-state index contributed by atoms with van der Waals surface area (Å²) in [6.45, 7) is 8.73. The molecule has 1 saturated carbocycles. The summed E-state index contributed by atoms with van der Waals surface area (Å²) >= 11 is 0. The van der Waals surface area contributed by atoms with Crippen LogP contribution in [0.1, 0.15) is 70.3 Å². The van der Waals surface area contributed by atoms with Gasteiger partial charge in [-0.1, -0.05) is 0 Å². The third kappa shape index (κ3) is 6.42. The summed E-state index contributed by atoms with van der Waals surface area (Å²) in [4.78, 5) is 45.2. The first-order chi connectivity index (χ1) is 18.9. The lowest BCUT2D eigenvalue weighted by Gasteiger charge is -2.25. The molecular formula is C27H37N7O6. The van der Waals surface area contributed by atoms with E-state index in [9.17, 15) is 14.4 Å². The fourth-order valence-electron chi connectivity index (χ4n) is 4.58. The molecule has 13 nitrogen and oxygen atoms in total. The molecule has 3 aromatic heterocycles. The number of nitrogens with zero attached hydrogens (tertiary/aromatic N) is 5. The molecule has 2 atom stereocenters. The molecule has 13 heteroatoms. The van der Waals surface area contributed by atoms with E-state index in [1.807, 2.05) is 13.8 Å². The van der Waals surface area contributed by atoms with Crippen molar-refractivity contribution in [1.82, 2.24) is 24.5 Å². The number of fused-ring (bicyclic) bond motifs is 1. The highest BCUT2D eigenvalue weighted by Gasteiger charge is 2.29. The van der Waals surface area contributed by atoms with Crippen molar-refractivity contribution in [2.45, 2.75) is 77.7 Å². The molecule has 0 spiro atoms. The first kappa shape index (κ1) is 29.0. The molecule has 40 heavy (non-hydrogen) atoms. The highest BCUT2D eigenvalue weighted by atomic mass is 16.6. The van der Waals surface area contributed by atoms with Gasteiger partial charge in [-0.05, 0) is 66.0 Å². The molecule has 0 aromatic carbocycles. The van der Waals surface area contributed by atoms with Gasteiger partial charge in [0, 0.05) is 31.4 Å². The predicted molar refractivity (Wildman–Crippen MR) is 149 cm³/mol. The van der Waals surface area contributed by atoms with Crippen LogP contribution in [0.25, 0.3) is 5.65 Å². The van der Waals surface area contributed by atoms with E-state index < -0.39 is 11.7 Å². The number of pyridine rings is 1. The Kier molecular flexibility index (Phi) is 8.45. The molecular weight excluding hydrogens is 518 g/mol. The number of ether oxygens (including phenoxy) is 2. The number of nitrogens with one attached hydrogen (secondary N) is 2. The van der Waals surface area contributed by atoms with Gasteiger partial charge in [-0.2, -0.15) is 9.61 Å². The molecule has 1 unspecified atom stereocenters. The maximum Gasteiger partial charge on any atom is 0.415 e. The summed E-state index contributed by atoms with van der Waals surface area (Å²) in [5.41, 5.74) is -0.312. The Bertz CT molecular complexity index is 1440. The Balaban J connectivity index is 1.73. The second-order valence-corrected chi connectivity index (χ2v) is 11.1. The van der Waals surface area contributed by atoms with Gasteiger partial charge < -0.3 is 29.8 Å². The maximum absolute atomic E-state index is 13.3. The van der Waals surface area contributed by atoms with Gasteiger partial charge in [-0.3, -0.25) is 14.5 Å². The fraction of sp³-hybridized carbons (Fsp3) is 0.519. The van der Waals surface area contributed by atoms with Crippen LogP contribution in [0.15, 0.2) is 35.4 Å². The van der Waals surface area contributed by atoms with E-state index in [1.165, 1.54) is 22.7 Å². The van der Waals surface area contributed by atoms with Crippen molar-refractivity contribution in [2.75, 3.05) is 24.1 Å². The molecule has 0 aliphatic heterocycles. The molecule has 1 fully saturated rings. The van der Waals surface area contributed by atoms with Crippen molar-refractivity contribution in [2.24, 2.45) is 0 Å². The lowest BCUT2D eigenvalue weighted by atomic mass is 10.2. The third-order valence-corrected chi connectivity index (χ3v) is 6.53. The Morgan fingerprint density at radius 2 is 2.02 bits per heavy atom. The summed E-state index contributed by atoms with van der Waals surface area (Å²) < 4.78 is 13.8. The van der Waals surface area contributed by atoms with Crippen molar-refractivity contribution in [3.05, 3.63) is 46.5 Å². The Hall–Kier alpha value is -3.97. The van der Waals surface area contributed by atoms with E-state index in [4.69, 9.17) is 14.6 Å². The number of carbonyl (C=O) groups excluding carboxylic acids is 2. The van der Waals surface area contributed by atoms with E-state index in [0.717, 1.165) is 6.42 Å². The van der Waals surface area contributed by atoms with E-state index in [2.05, 4.69) is 20.7 Å². The fourth-order valence-corrected chi connectivity index (χ4v) is 4.58. The lowest BCUT2D eigenvalue weighted by Crippen LogP contribution is -2.35. The van der Waals surface area contributed by atoms with Crippen molar-refractivity contribution in [3.63, 3.8) is 0 Å². The zero-order valence-electron chi connectivity index (χ0n) is 23.7. The molecule has 3 aromatic rings. The van der Waals surface area contributed by atoms with E-state index in [0.29, 0.717) is 12.8 Å². The topological polar surface area (TPSA) is 152 Å². The monoisotopic (exact) mass is 555 g/mol. The van der Waals surface area contributed by atoms with Gasteiger partial charge in [0.15, 0.2) is 5.65 Å². The van der Waals surface area contributed by atoms with Gasteiger partial charge in [0.1, 0.15) is 35.3 Å². The number of hydrogen-bond donors (Lipinski definition) is 3. The zero-order valence-corrected chi connectivity index (χ0v) is 23.7. The molecule has 0 bridgehead atoms. The van der Waals surface area contributed by atoms with Crippen LogP contribution in [0.5, 0.6) is 0 Å². The van der Waals surface area contributed by atoms with Crippen LogP contribution in [0.2, 0.25) is 0 Å². The van der Waals surface area contributed by atoms with Crippen LogP contribution in [0.3, 0.4) is 0 Å². The standard InChI is InChI=1S/C27H37N7O6/c1-16(2)33-11-7-8-20(25(33)37)30-21-13-22(32(6)26(38)40-27(3,4)5)34-23(31-21)19(14-28-34)24(36)29-17-9-10-18(12-17)39-15-35/h7-8,11,13-14,16-18,35H,9-10,12,15H2,1-6H3,(H,29,36)(H,30,31)/t17?,18-/m0/s1. The first-order valence-corrected chi connectivity index (χ1v) is 13.2. The van der Waals surface area contributed by atoms with E-state index in [1.54, 1.807) is 49.7 Å². The lowest BCUT2D eigenvalue weighted by molar-refractivity contribution is -0.0470. The predicted octanol–water partition coefficient (Wildman–Crippen LogP) is 3.20. The molecule has 1 aliphatic rings. The van der Waals surface area contributed by atoms with Gasteiger partial charge in [-0.25, -0.2) is 9.78 Å². The molecule has 1 aliphatic carbocycles. The Morgan fingerprint density at radius 1 is 1.27 bits per heavy atom. The molecule has 0 saturated heterocycles. The summed E-state index contributed by atoms with van der Waals surface area (Å²) in [6, 6.07) is 4.76. The van der Waals surface area contributed by atoms with Gasteiger partial charge in [-0.15, -0.1) is 0 Å². The van der Waals surface area contributed by atoms with Crippen LogP contribution in [-0.4, -0.2) is 67.9 Å². The molecule has 4 rings (SSSR count). The smallest absolute Gasteiger partial charge is 0.415 e. The SMILES string of the molecule is CC(C)n1cccc(Nc2cc(N(C)C(=O)OC(C)(C)C)n3ncc(C(=O)NC4CC[C@H](OCO)C4)c3n2)c1=O. The van der Waals surface area contributed by atoms with Crippen molar-refractivity contribution >= 4 is 35.0 Å². The first-order valence-electron chi connectivity index (χ1n) is 13.2. The second-order valence-electron chi connectivity index (χ2n) is 11.1. The molecule has 3 heterocycles. The normalized spacial score (nSPS) is 17.3. The molecule has 3 N–H and O–H groups in total. The maximum atomic E-state index is 13.3. The minimum Gasteiger partial charge on any atom is -0.443 e. The van der Waals surface area contributed by atoms with Crippen LogP contribution >= 0.6 is 0 Å². The minimum absolute atomic E-state index is 0.0540. The number of carbonyl (C=O) groups is 2. The summed E-state index contributed by atoms with van der Waals surface area (Å²) in [6.07, 6.45) is 4.35. The number of aliphatic hydroxyl groups is 1. The number of amides is 2. The van der Waals surface area contributed by atoms with Gasteiger partial charge in [0.2, 0.25) is 0 Å². The van der Waals surface area contributed by atoms with Gasteiger partial charge in [0.05, 0.1) is 12.3 Å². The minimum atomic E-state index is -0.738. The van der Waals surface area contributed by atoms with Crippen LogP contribution in [0, 0.1) is 0 Å². The summed E-state index contributed by atoms with van der Waals surface area (Å²) in [7, 11) is 1.53. The zero-order chi connectivity index (χ0) is 29.2. The van der Waals surface area contributed by atoms with Crippen molar-refractivity contribution in [1.29, 1.82) is 0 Å². The van der Waals surface area contributed by atoms with Crippen LogP contribution in [-0.2, 0) is 9.47 Å². The number of rotatable bonds is 8. The van der Waals surface area contributed by atoms with Gasteiger partial charge >= 0.3 is 6.09 Å². The molecule has 0 radical (unpaired) electrons. The number of anilines is 3. The summed E-state index contributed by atoms with van der Waals surface area (Å²) in [5, 5.41) is 19.4. The number of aliphatic hydroxyl groups excluding tert-OH is 1. The van der Waals surface area contributed by atoms with Crippen molar-refractivity contribution in [3.8, 4) is 0 Å². The largest absolute Gasteiger partial charge is 0.443 e. The van der Waals surface area contributed by atoms with Gasteiger partial charge in [0.25, 0.3) is 11.5 Å². The van der Waals surface area contributed by atoms with E-state index in [-0.39, 0.29) is 65.0 Å².